The second-order valence-corrected chi connectivity index (χ2v) is 10.5. The van der Waals surface area contributed by atoms with Gasteiger partial charge in [-0.05, 0) is 92.1 Å². The molecule has 0 bridgehead atoms. The van der Waals surface area contributed by atoms with Gasteiger partial charge in [0.1, 0.15) is 28.9 Å². The van der Waals surface area contributed by atoms with Gasteiger partial charge in [-0.2, -0.15) is 0 Å². The van der Waals surface area contributed by atoms with Crippen LogP contribution in [0.1, 0.15) is 26.3 Å². The maximum Gasteiger partial charge on any atom is 0.408 e. The number of nitrogens with one attached hydrogen (secondary N) is 3. The molecule has 0 aliphatic rings. The molecule has 0 saturated carbocycles. The van der Waals surface area contributed by atoms with Gasteiger partial charge in [0.05, 0.1) is 5.69 Å². The van der Waals surface area contributed by atoms with E-state index in [-0.39, 0.29) is 18.1 Å². The van der Waals surface area contributed by atoms with Crippen LogP contribution in [0.15, 0.2) is 85.5 Å². The molecule has 0 radical (unpaired) electrons. The first-order chi connectivity index (χ1) is 19.7. The lowest BCUT2D eigenvalue weighted by atomic mass is 10.00. The number of benzene rings is 1. The number of halogens is 1. The number of aromatic amines is 1. The number of ether oxygens (including phenoxy) is 1. The third-order valence-electron chi connectivity index (χ3n) is 6.18. The average Bonchev–Trinajstić information content (AvgIpc) is 3.32. The Labute approximate surface area is 236 Å². The van der Waals surface area contributed by atoms with Crippen LogP contribution in [-0.4, -0.2) is 43.6 Å². The second kappa shape index (κ2) is 11.5. The van der Waals surface area contributed by atoms with Crippen molar-refractivity contribution in [1.82, 2.24) is 25.3 Å². The van der Waals surface area contributed by atoms with Gasteiger partial charge < -0.3 is 20.4 Å². The second-order valence-electron chi connectivity index (χ2n) is 10.5. The van der Waals surface area contributed by atoms with E-state index in [1.807, 2.05) is 24.3 Å². The van der Waals surface area contributed by atoms with Crippen LogP contribution >= 0.6 is 0 Å². The zero-order chi connectivity index (χ0) is 29.0. The largest absolute Gasteiger partial charge is 0.444 e. The zero-order valence-electron chi connectivity index (χ0n) is 22.8. The van der Waals surface area contributed by atoms with Crippen molar-refractivity contribution >= 4 is 28.9 Å². The first-order valence-electron chi connectivity index (χ1n) is 13.0. The molecule has 4 aromatic heterocycles. The van der Waals surface area contributed by atoms with E-state index >= 15 is 0 Å². The molecular weight excluding hydrogens is 523 g/mol. The van der Waals surface area contributed by atoms with Gasteiger partial charge in [0.2, 0.25) is 5.91 Å². The van der Waals surface area contributed by atoms with Crippen molar-refractivity contribution in [3.05, 3.63) is 96.8 Å². The molecule has 3 N–H and O–H groups in total. The van der Waals surface area contributed by atoms with Crippen LogP contribution in [0, 0.1) is 5.82 Å². The lowest BCUT2D eigenvalue weighted by Crippen LogP contribution is -2.47. The Hall–Kier alpha value is -5.12. The van der Waals surface area contributed by atoms with Gasteiger partial charge in [0.15, 0.2) is 0 Å². The molecule has 1 aromatic carbocycles. The fourth-order valence-electron chi connectivity index (χ4n) is 4.42. The first-order valence-corrected chi connectivity index (χ1v) is 13.0. The Balaban J connectivity index is 1.46. The molecule has 1 unspecified atom stereocenters. The summed E-state index contributed by atoms with van der Waals surface area (Å²) in [5, 5.41) is 6.30. The smallest absolute Gasteiger partial charge is 0.408 e. The average molecular weight is 553 g/mol. The summed E-state index contributed by atoms with van der Waals surface area (Å²) in [6.45, 7) is 5.25. The van der Waals surface area contributed by atoms with Crippen molar-refractivity contribution in [3.63, 3.8) is 0 Å². The number of hydrogen-bond acceptors (Lipinski definition) is 6. The first kappa shape index (κ1) is 27.4. The van der Waals surface area contributed by atoms with Crippen molar-refractivity contribution in [2.24, 2.45) is 0 Å². The molecule has 208 valence electrons. The van der Waals surface area contributed by atoms with Crippen molar-refractivity contribution in [2.45, 2.75) is 38.8 Å². The Bertz CT molecular complexity index is 1670. The van der Waals surface area contributed by atoms with Crippen molar-refractivity contribution in [1.29, 1.82) is 0 Å². The minimum Gasteiger partial charge on any atom is -0.444 e. The van der Waals surface area contributed by atoms with Gasteiger partial charge >= 0.3 is 6.09 Å². The number of H-pyrrole nitrogens is 1. The van der Waals surface area contributed by atoms with E-state index in [4.69, 9.17) is 4.74 Å². The molecule has 41 heavy (non-hydrogen) atoms. The number of carbonyl (C=O) groups is 2. The predicted octanol–water partition coefficient (Wildman–Crippen LogP) is 5.90. The molecule has 0 fully saturated rings. The Morgan fingerprint density at radius 2 is 1.71 bits per heavy atom. The minimum absolute atomic E-state index is 0.199. The third-order valence-corrected chi connectivity index (χ3v) is 6.18. The van der Waals surface area contributed by atoms with E-state index in [2.05, 4.69) is 30.6 Å². The van der Waals surface area contributed by atoms with Crippen molar-refractivity contribution in [3.8, 4) is 22.4 Å². The molecule has 0 spiro atoms. The minimum atomic E-state index is -0.947. The van der Waals surface area contributed by atoms with Crippen LogP contribution in [0.3, 0.4) is 0 Å². The van der Waals surface area contributed by atoms with Crippen LogP contribution in [-0.2, 0) is 16.0 Å². The topological polar surface area (TPSA) is 122 Å². The zero-order valence-corrected chi connectivity index (χ0v) is 22.8. The highest BCUT2D eigenvalue weighted by Gasteiger charge is 2.26. The van der Waals surface area contributed by atoms with E-state index in [1.54, 1.807) is 69.8 Å². The SMILES string of the molecule is CC(C)(C)OC(=O)NC(Cc1cccnc1)C(=O)Nc1ccc2c(-c3ccncc3)c(-c3ccc(F)cc3)[nH]c2n1. The lowest BCUT2D eigenvalue weighted by molar-refractivity contribution is -0.118. The third kappa shape index (κ3) is 6.73. The summed E-state index contributed by atoms with van der Waals surface area (Å²) in [6, 6.07) is 16.1. The van der Waals surface area contributed by atoms with Gasteiger partial charge in [0, 0.05) is 42.2 Å². The number of hydrogen-bond donors (Lipinski definition) is 3. The fourth-order valence-corrected chi connectivity index (χ4v) is 4.42. The summed E-state index contributed by atoms with van der Waals surface area (Å²) in [4.78, 5) is 42.2. The van der Waals surface area contributed by atoms with Gasteiger partial charge in [-0.25, -0.2) is 14.2 Å². The number of alkyl carbamates (subject to hydrolysis) is 1. The molecule has 0 aliphatic carbocycles. The molecule has 2 amide bonds. The van der Waals surface area contributed by atoms with E-state index in [0.29, 0.717) is 5.65 Å². The highest BCUT2D eigenvalue weighted by atomic mass is 19.1. The van der Waals surface area contributed by atoms with Crippen LogP contribution < -0.4 is 10.6 Å². The number of anilines is 1. The van der Waals surface area contributed by atoms with Crippen LogP contribution in [0.4, 0.5) is 15.0 Å². The van der Waals surface area contributed by atoms with Gasteiger partial charge in [0.25, 0.3) is 0 Å². The standard InChI is InChI=1S/C31H29FN6O3/c1-31(2,3)41-30(40)35-24(17-19-5-4-14-34-18-19)29(39)37-25-11-10-23-26(20-12-15-33-16-13-20)27(38-28(23)36-25)21-6-8-22(32)9-7-21/h4-16,18,24H,17H2,1-3H3,(H,35,40)(H2,36,37,38,39). The van der Waals surface area contributed by atoms with Crippen molar-refractivity contribution < 1.29 is 18.7 Å². The summed E-state index contributed by atoms with van der Waals surface area (Å²) in [6.07, 6.45) is 6.16. The van der Waals surface area contributed by atoms with Crippen LogP contribution in [0.5, 0.6) is 0 Å². The summed E-state index contributed by atoms with van der Waals surface area (Å²) < 4.78 is 19.0. The van der Waals surface area contributed by atoms with E-state index < -0.39 is 23.6 Å². The molecule has 9 nitrogen and oxygen atoms in total. The Kier molecular flexibility index (Phi) is 7.73. The van der Waals surface area contributed by atoms with Gasteiger partial charge in [-0.3, -0.25) is 14.8 Å². The molecule has 5 aromatic rings. The maximum absolute atomic E-state index is 13.7. The molecule has 5 rings (SSSR count). The molecule has 4 heterocycles. The highest BCUT2D eigenvalue weighted by molar-refractivity contribution is 6.04. The normalized spacial score (nSPS) is 12.1. The number of pyridine rings is 3. The van der Waals surface area contributed by atoms with Crippen molar-refractivity contribution in [2.75, 3.05) is 5.32 Å². The van der Waals surface area contributed by atoms with Gasteiger partial charge in [-0.15, -0.1) is 0 Å². The highest BCUT2D eigenvalue weighted by Crippen LogP contribution is 2.38. The molecular formula is C31H29FN6O3. The molecule has 1 atom stereocenters. The van der Waals surface area contributed by atoms with E-state index in [1.165, 1.54) is 12.1 Å². The number of amides is 2. The fraction of sp³-hybridized carbons (Fsp3) is 0.194. The lowest BCUT2D eigenvalue weighted by Gasteiger charge is -2.23. The monoisotopic (exact) mass is 552 g/mol. The molecule has 0 aliphatic heterocycles. The predicted molar refractivity (Wildman–Crippen MR) is 154 cm³/mol. The van der Waals surface area contributed by atoms with E-state index in [0.717, 1.165) is 33.3 Å². The number of fused-ring (bicyclic) bond motifs is 1. The molecule has 10 heteroatoms. The number of nitrogens with zero attached hydrogens (tertiary/aromatic N) is 3. The number of rotatable bonds is 7. The quantitative estimate of drug-likeness (QED) is 0.231. The maximum atomic E-state index is 13.7. The Morgan fingerprint density at radius 1 is 0.951 bits per heavy atom. The summed E-state index contributed by atoms with van der Waals surface area (Å²) in [5.74, 6) is -0.511. The van der Waals surface area contributed by atoms with E-state index in [9.17, 15) is 14.0 Å². The summed E-state index contributed by atoms with van der Waals surface area (Å²) in [5.41, 5.74) is 3.88. The summed E-state index contributed by atoms with van der Waals surface area (Å²) in [7, 11) is 0. The summed E-state index contributed by atoms with van der Waals surface area (Å²) >= 11 is 0. The van der Waals surface area contributed by atoms with Gasteiger partial charge in [-0.1, -0.05) is 6.07 Å². The van der Waals surface area contributed by atoms with Crippen LogP contribution in [0.25, 0.3) is 33.4 Å². The number of aromatic nitrogens is 4. The number of carbonyl (C=O) groups excluding carboxylic acids is 2. The van der Waals surface area contributed by atoms with Crippen LogP contribution in [0.2, 0.25) is 0 Å². The Morgan fingerprint density at radius 3 is 2.39 bits per heavy atom. The molecule has 0 saturated heterocycles.